The fourth-order valence-corrected chi connectivity index (χ4v) is 3.82. The zero-order valence-electron chi connectivity index (χ0n) is 15.6. The molecule has 0 spiro atoms. The smallest absolute Gasteiger partial charge is 0.309 e. The van der Waals surface area contributed by atoms with E-state index in [2.05, 4.69) is 17.0 Å². The van der Waals surface area contributed by atoms with Crippen LogP contribution >= 0.6 is 0 Å². The van der Waals surface area contributed by atoms with Gasteiger partial charge in [0.25, 0.3) is 0 Å². The molecule has 5 nitrogen and oxygen atoms in total. The molecule has 1 N–H and O–H groups in total. The van der Waals surface area contributed by atoms with Gasteiger partial charge in [-0.15, -0.1) is 0 Å². The van der Waals surface area contributed by atoms with Crippen molar-refractivity contribution in [3.05, 3.63) is 66.2 Å². The van der Waals surface area contributed by atoms with Crippen LogP contribution in [0.15, 0.2) is 60.7 Å². The molecule has 5 heteroatoms. The number of anilines is 1. The molecule has 1 aliphatic heterocycles. The van der Waals surface area contributed by atoms with E-state index >= 15 is 0 Å². The van der Waals surface area contributed by atoms with Crippen LogP contribution in [0.3, 0.4) is 0 Å². The molecule has 1 heterocycles. The molecule has 0 aliphatic carbocycles. The molecule has 1 saturated heterocycles. The molecule has 0 saturated carbocycles. The van der Waals surface area contributed by atoms with Gasteiger partial charge in [0.05, 0.1) is 12.0 Å². The molecule has 2 unspecified atom stereocenters. The first kappa shape index (κ1) is 19.1. The number of carbonyl (C=O) groups excluding carboxylic acids is 1. The van der Waals surface area contributed by atoms with Crippen LogP contribution in [0.25, 0.3) is 0 Å². The predicted molar refractivity (Wildman–Crippen MR) is 105 cm³/mol. The number of amides is 1. The highest BCUT2D eigenvalue weighted by Gasteiger charge is 2.39. The third kappa shape index (κ3) is 4.55. The zero-order valence-corrected chi connectivity index (χ0v) is 15.6. The normalized spacial score (nSPS) is 20.2. The zero-order chi connectivity index (χ0) is 19.2. The van der Waals surface area contributed by atoms with Crippen LogP contribution in [0.5, 0.6) is 0 Å². The molecule has 1 aliphatic rings. The van der Waals surface area contributed by atoms with Crippen molar-refractivity contribution < 1.29 is 14.7 Å². The topological polar surface area (TPSA) is 60.9 Å². The van der Waals surface area contributed by atoms with Gasteiger partial charge in [0.15, 0.2) is 0 Å². The minimum Gasteiger partial charge on any atom is -0.481 e. The number of hydrogen-bond donors (Lipinski definition) is 1. The minimum atomic E-state index is -0.845. The van der Waals surface area contributed by atoms with Crippen LogP contribution in [0, 0.1) is 5.92 Å². The Labute approximate surface area is 160 Å². The summed E-state index contributed by atoms with van der Waals surface area (Å²) in [7, 11) is 0. The number of carboxylic acids is 1. The summed E-state index contributed by atoms with van der Waals surface area (Å²) in [6.45, 7) is 3.75. The van der Waals surface area contributed by atoms with Crippen LogP contribution < -0.4 is 4.90 Å². The molecule has 0 bridgehead atoms. The first-order valence-corrected chi connectivity index (χ1v) is 9.46. The number of para-hydroxylation sites is 1. The van der Waals surface area contributed by atoms with Crippen LogP contribution in [-0.4, -0.2) is 41.0 Å². The summed E-state index contributed by atoms with van der Waals surface area (Å²) in [5.74, 6) is -1.49. The summed E-state index contributed by atoms with van der Waals surface area (Å²) >= 11 is 0. The average molecular weight is 366 g/mol. The van der Waals surface area contributed by atoms with Crippen molar-refractivity contribution >= 4 is 17.6 Å². The second kappa shape index (κ2) is 8.82. The Hall–Kier alpha value is -2.66. The fraction of sp³-hybridized carbons (Fsp3) is 0.364. The lowest BCUT2D eigenvalue weighted by Crippen LogP contribution is -2.55. The van der Waals surface area contributed by atoms with E-state index in [1.54, 1.807) is 4.90 Å². The predicted octanol–water partition coefficient (Wildman–Crippen LogP) is 3.40. The van der Waals surface area contributed by atoms with Gasteiger partial charge in [-0.25, -0.2) is 0 Å². The highest BCUT2D eigenvalue weighted by Crippen LogP contribution is 2.29. The van der Waals surface area contributed by atoms with Crippen molar-refractivity contribution in [1.29, 1.82) is 0 Å². The number of rotatable bonds is 6. The Morgan fingerprint density at radius 2 is 1.70 bits per heavy atom. The number of benzene rings is 2. The number of aliphatic carboxylic acids is 1. The molecule has 0 aromatic heterocycles. The van der Waals surface area contributed by atoms with E-state index in [1.165, 1.54) is 5.56 Å². The summed E-state index contributed by atoms with van der Waals surface area (Å²) < 4.78 is 0. The van der Waals surface area contributed by atoms with Gasteiger partial charge in [-0.2, -0.15) is 0 Å². The lowest BCUT2D eigenvalue weighted by atomic mass is 9.89. The quantitative estimate of drug-likeness (QED) is 0.851. The van der Waals surface area contributed by atoms with Gasteiger partial charge in [-0.05, 0) is 24.1 Å². The number of likely N-dealkylation sites (tertiary alicyclic amines) is 1. The fourth-order valence-electron chi connectivity index (χ4n) is 3.82. The van der Waals surface area contributed by atoms with Gasteiger partial charge >= 0.3 is 5.97 Å². The maximum Gasteiger partial charge on any atom is 0.309 e. The summed E-state index contributed by atoms with van der Waals surface area (Å²) in [6, 6.07) is 19.2. The van der Waals surface area contributed by atoms with Crippen molar-refractivity contribution in [2.75, 3.05) is 18.0 Å². The third-order valence-corrected chi connectivity index (χ3v) is 5.16. The molecular formula is C22H26N2O3. The molecule has 1 amide bonds. The molecule has 0 radical (unpaired) electrons. The summed E-state index contributed by atoms with van der Waals surface area (Å²) in [4.78, 5) is 28.6. The maximum atomic E-state index is 12.7. The second-order valence-electron chi connectivity index (χ2n) is 6.97. The van der Waals surface area contributed by atoms with E-state index in [1.807, 2.05) is 55.5 Å². The Bertz CT molecular complexity index is 764. The van der Waals surface area contributed by atoms with E-state index in [4.69, 9.17) is 0 Å². The minimum absolute atomic E-state index is 0.0334. The average Bonchev–Trinajstić information content (AvgIpc) is 2.70. The van der Waals surface area contributed by atoms with E-state index < -0.39 is 11.9 Å². The maximum absolute atomic E-state index is 12.7. The third-order valence-electron chi connectivity index (χ3n) is 5.16. The molecular weight excluding hydrogens is 340 g/mol. The largest absolute Gasteiger partial charge is 0.481 e. The highest BCUT2D eigenvalue weighted by molar-refractivity contribution is 5.94. The van der Waals surface area contributed by atoms with Crippen molar-refractivity contribution in [1.82, 2.24) is 4.90 Å². The Kier molecular flexibility index (Phi) is 6.24. The summed E-state index contributed by atoms with van der Waals surface area (Å²) in [6.07, 6.45) is 0.996. The van der Waals surface area contributed by atoms with Gasteiger partial charge in [-0.3, -0.25) is 14.5 Å². The summed E-state index contributed by atoms with van der Waals surface area (Å²) in [5.41, 5.74) is 1.95. The lowest BCUT2D eigenvalue weighted by Gasteiger charge is -2.42. The SMILES string of the molecule is CCC(=O)N(c1ccccc1)C1CCN(Cc2ccccc2)CC1C(=O)O. The van der Waals surface area contributed by atoms with E-state index in [0.717, 1.165) is 18.8 Å². The van der Waals surface area contributed by atoms with Crippen molar-refractivity contribution in [2.24, 2.45) is 5.92 Å². The molecule has 2 aromatic rings. The summed E-state index contributed by atoms with van der Waals surface area (Å²) in [5, 5.41) is 9.88. The van der Waals surface area contributed by atoms with Gasteiger partial charge in [-0.1, -0.05) is 55.5 Å². The monoisotopic (exact) mass is 366 g/mol. The first-order chi connectivity index (χ1) is 13.1. The van der Waals surface area contributed by atoms with Gasteiger partial charge in [0.2, 0.25) is 5.91 Å². The van der Waals surface area contributed by atoms with Crippen LogP contribution in [0.1, 0.15) is 25.3 Å². The molecule has 1 fully saturated rings. The highest BCUT2D eigenvalue weighted by atomic mass is 16.4. The van der Waals surface area contributed by atoms with E-state index in [9.17, 15) is 14.7 Å². The molecule has 2 atom stereocenters. The Morgan fingerprint density at radius 3 is 2.30 bits per heavy atom. The van der Waals surface area contributed by atoms with Gasteiger partial charge in [0, 0.05) is 31.7 Å². The van der Waals surface area contributed by atoms with Crippen LogP contribution in [-0.2, 0) is 16.1 Å². The molecule has 27 heavy (non-hydrogen) atoms. The number of carbonyl (C=O) groups is 2. The first-order valence-electron chi connectivity index (χ1n) is 9.46. The molecule has 142 valence electrons. The number of carboxylic acid groups (broad SMARTS) is 1. The van der Waals surface area contributed by atoms with Gasteiger partial charge < -0.3 is 10.0 Å². The van der Waals surface area contributed by atoms with E-state index in [0.29, 0.717) is 19.4 Å². The lowest BCUT2D eigenvalue weighted by molar-refractivity contribution is -0.144. The number of piperidine rings is 1. The standard InChI is InChI=1S/C22H26N2O3/c1-2-21(25)24(18-11-7-4-8-12-18)20-13-14-23(16-19(20)22(26)27)15-17-9-5-3-6-10-17/h3-12,19-20H,2,13-16H2,1H3,(H,26,27). The van der Waals surface area contributed by atoms with Crippen molar-refractivity contribution in [3.8, 4) is 0 Å². The van der Waals surface area contributed by atoms with Crippen LogP contribution in [0.2, 0.25) is 0 Å². The van der Waals surface area contributed by atoms with E-state index in [-0.39, 0.29) is 11.9 Å². The number of nitrogens with zero attached hydrogens (tertiary/aromatic N) is 2. The van der Waals surface area contributed by atoms with Crippen molar-refractivity contribution in [2.45, 2.75) is 32.4 Å². The van der Waals surface area contributed by atoms with Crippen LogP contribution in [0.4, 0.5) is 5.69 Å². The Balaban J connectivity index is 1.82. The Morgan fingerprint density at radius 1 is 1.07 bits per heavy atom. The molecule has 2 aromatic carbocycles. The van der Waals surface area contributed by atoms with Gasteiger partial charge in [0.1, 0.15) is 0 Å². The van der Waals surface area contributed by atoms with Crippen molar-refractivity contribution in [3.63, 3.8) is 0 Å². The molecule has 3 rings (SSSR count). The number of hydrogen-bond acceptors (Lipinski definition) is 3. The second-order valence-corrected chi connectivity index (χ2v) is 6.97.